The summed E-state index contributed by atoms with van der Waals surface area (Å²) in [4.78, 5) is 10.6. The van der Waals surface area contributed by atoms with Crippen molar-refractivity contribution in [3.8, 4) is 0 Å². The van der Waals surface area contributed by atoms with Crippen LogP contribution in [0.25, 0.3) is 0 Å². The van der Waals surface area contributed by atoms with E-state index in [9.17, 15) is 21.6 Å². The Morgan fingerprint density at radius 1 is 1.05 bits per heavy atom. The Hall–Kier alpha value is -1.41. The van der Waals surface area contributed by atoms with Gasteiger partial charge in [0.2, 0.25) is 0 Å². The van der Waals surface area contributed by atoms with Crippen molar-refractivity contribution in [3.05, 3.63) is 35.4 Å². The molecule has 19 heavy (non-hydrogen) atoms. The summed E-state index contributed by atoms with van der Waals surface area (Å²) in [6, 6.07) is 5.43. The van der Waals surface area contributed by atoms with Crippen molar-refractivity contribution in [1.29, 1.82) is 0 Å². The highest BCUT2D eigenvalue weighted by atomic mass is 32.2. The number of aromatic carboxylic acids is 1. The van der Waals surface area contributed by atoms with Crippen LogP contribution in [0.2, 0.25) is 0 Å². The topological polar surface area (TPSA) is 106 Å². The molecule has 0 saturated heterocycles. The van der Waals surface area contributed by atoms with Crippen LogP contribution in [-0.4, -0.2) is 45.7 Å². The minimum absolute atomic E-state index is 0.0669. The van der Waals surface area contributed by atoms with Crippen molar-refractivity contribution in [3.63, 3.8) is 0 Å². The van der Waals surface area contributed by atoms with Gasteiger partial charge in [-0.1, -0.05) is 12.1 Å². The molecule has 0 fully saturated rings. The van der Waals surface area contributed by atoms with E-state index in [4.69, 9.17) is 5.11 Å². The van der Waals surface area contributed by atoms with Crippen LogP contribution < -0.4 is 0 Å². The minimum Gasteiger partial charge on any atom is -0.478 e. The highest BCUT2D eigenvalue weighted by molar-refractivity contribution is 7.94. The van der Waals surface area contributed by atoms with Crippen molar-refractivity contribution >= 4 is 25.6 Å². The fourth-order valence-corrected chi connectivity index (χ4v) is 4.42. The second-order valence-corrected chi connectivity index (χ2v) is 8.67. The SMILES string of the molecule is CS(=O)(=O)CCS(=O)(=O)Cc1ccc(C(=O)O)cc1. The Labute approximate surface area is 111 Å². The van der Waals surface area contributed by atoms with Crippen LogP contribution in [0, 0.1) is 0 Å². The van der Waals surface area contributed by atoms with Crippen LogP contribution in [0.5, 0.6) is 0 Å². The third kappa shape index (κ3) is 5.84. The van der Waals surface area contributed by atoms with Crippen LogP contribution in [0.4, 0.5) is 0 Å². The van der Waals surface area contributed by atoms with Gasteiger partial charge in [0.25, 0.3) is 0 Å². The van der Waals surface area contributed by atoms with Crippen molar-refractivity contribution < 1.29 is 26.7 Å². The van der Waals surface area contributed by atoms with E-state index in [1.807, 2.05) is 0 Å². The molecule has 1 N–H and O–H groups in total. The molecule has 0 radical (unpaired) electrons. The van der Waals surface area contributed by atoms with E-state index >= 15 is 0 Å². The number of benzene rings is 1. The average Bonchev–Trinajstić information content (AvgIpc) is 2.26. The summed E-state index contributed by atoms with van der Waals surface area (Å²) < 4.78 is 45.2. The first-order valence-electron chi connectivity index (χ1n) is 5.29. The number of sulfone groups is 2. The molecule has 8 heteroatoms. The molecule has 0 aromatic heterocycles. The molecule has 0 aliphatic carbocycles. The van der Waals surface area contributed by atoms with Crippen LogP contribution in [0.3, 0.4) is 0 Å². The van der Waals surface area contributed by atoms with Crippen LogP contribution in [0.1, 0.15) is 15.9 Å². The minimum atomic E-state index is -3.53. The second kappa shape index (κ2) is 5.70. The maximum atomic E-state index is 11.7. The van der Waals surface area contributed by atoms with E-state index in [1.165, 1.54) is 24.3 Å². The summed E-state index contributed by atoms with van der Waals surface area (Å²) in [7, 11) is -6.85. The number of carboxylic acids is 1. The Morgan fingerprint density at radius 2 is 1.58 bits per heavy atom. The Kier molecular flexibility index (Phi) is 4.70. The summed E-state index contributed by atoms with van der Waals surface area (Å²) in [5.41, 5.74) is 0.496. The lowest BCUT2D eigenvalue weighted by Gasteiger charge is -2.04. The fraction of sp³-hybridized carbons (Fsp3) is 0.364. The van der Waals surface area contributed by atoms with Gasteiger partial charge in [0.05, 0.1) is 22.8 Å². The third-order valence-corrected chi connectivity index (χ3v) is 5.16. The van der Waals surface area contributed by atoms with E-state index in [1.54, 1.807) is 0 Å². The van der Waals surface area contributed by atoms with Gasteiger partial charge in [0, 0.05) is 6.26 Å². The predicted molar refractivity (Wildman–Crippen MR) is 70.6 cm³/mol. The third-order valence-electron chi connectivity index (χ3n) is 2.35. The van der Waals surface area contributed by atoms with E-state index in [-0.39, 0.29) is 11.3 Å². The van der Waals surface area contributed by atoms with Crippen LogP contribution in [0.15, 0.2) is 24.3 Å². The number of rotatable bonds is 6. The fourth-order valence-electron chi connectivity index (χ4n) is 1.35. The van der Waals surface area contributed by atoms with Crippen molar-refractivity contribution in [2.75, 3.05) is 17.8 Å². The maximum Gasteiger partial charge on any atom is 0.335 e. The molecule has 0 amide bonds. The van der Waals surface area contributed by atoms with Crippen LogP contribution >= 0.6 is 0 Å². The lowest BCUT2D eigenvalue weighted by Crippen LogP contribution is -2.17. The molecule has 0 heterocycles. The highest BCUT2D eigenvalue weighted by Gasteiger charge is 2.15. The number of hydrogen-bond acceptors (Lipinski definition) is 5. The van der Waals surface area contributed by atoms with Gasteiger partial charge in [-0.15, -0.1) is 0 Å². The number of carbonyl (C=O) groups is 1. The summed E-state index contributed by atoms with van der Waals surface area (Å²) in [5.74, 6) is -2.25. The first-order chi connectivity index (χ1) is 8.59. The molecule has 0 aliphatic rings. The summed E-state index contributed by atoms with van der Waals surface area (Å²) in [6.07, 6.45) is 0.976. The van der Waals surface area contributed by atoms with Gasteiger partial charge < -0.3 is 5.11 Å². The molecular weight excluding hydrogens is 292 g/mol. The van der Waals surface area contributed by atoms with E-state index in [0.717, 1.165) is 6.26 Å². The zero-order chi connectivity index (χ0) is 14.7. The van der Waals surface area contributed by atoms with Gasteiger partial charge in [-0.2, -0.15) is 0 Å². The summed E-state index contributed by atoms with van der Waals surface area (Å²) in [5, 5.41) is 8.70. The summed E-state index contributed by atoms with van der Waals surface area (Å²) >= 11 is 0. The van der Waals surface area contributed by atoms with Gasteiger partial charge in [-0.25, -0.2) is 21.6 Å². The molecule has 1 rings (SSSR count). The Morgan fingerprint density at radius 3 is 2.00 bits per heavy atom. The smallest absolute Gasteiger partial charge is 0.335 e. The molecule has 0 saturated carbocycles. The van der Waals surface area contributed by atoms with E-state index in [0.29, 0.717) is 5.56 Å². The zero-order valence-corrected chi connectivity index (χ0v) is 11.9. The standard InChI is InChI=1S/C11H14O6S2/c1-18(14,15)6-7-19(16,17)8-9-2-4-10(5-3-9)11(12)13/h2-5H,6-8H2,1H3,(H,12,13). The Bertz CT molecular complexity index is 656. The molecule has 106 valence electrons. The summed E-state index contributed by atoms with van der Waals surface area (Å²) in [6.45, 7) is 0. The Balaban J connectivity index is 2.76. The predicted octanol–water partition coefficient (Wildman–Crippen LogP) is 0.344. The van der Waals surface area contributed by atoms with Crippen molar-refractivity contribution in [2.24, 2.45) is 0 Å². The van der Waals surface area contributed by atoms with Gasteiger partial charge in [0.15, 0.2) is 9.84 Å². The molecule has 0 aliphatic heterocycles. The first-order valence-corrected chi connectivity index (χ1v) is 9.18. The molecule has 0 atom stereocenters. The van der Waals surface area contributed by atoms with E-state index < -0.39 is 37.1 Å². The second-order valence-electron chi connectivity index (χ2n) is 4.22. The van der Waals surface area contributed by atoms with Gasteiger partial charge in [-0.05, 0) is 17.7 Å². The largest absolute Gasteiger partial charge is 0.478 e. The average molecular weight is 306 g/mol. The first kappa shape index (κ1) is 15.6. The van der Waals surface area contributed by atoms with Gasteiger partial charge in [-0.3, -0.25) is 0 Å². The van der Waals surface area contributed by atoms with Crippen molar-refractivity contribution in [1.82, 2.24) is 0 Å². The maximum absolute atomic E-state index is 11.7. The normalized spacial score (nSPS) is 12.3. The molecule has 0 bridgehead atoms. The molecule has 1 aromatic rings. The lowest BCUT2D eigenvalue weighted by molar-refractivity contribution is 0.0697. The monoisotopic (exact) mass is 306 g/mol. The number of hydrogen-bond donors (Lipinski definition) is 1. The van der Waals surface area contributed by atoms with Gasteiger partial charge in [0.1, 0.15) is 9.84 Å². The number of carboxylic acid groups (broad SMARTS) is 1. The molecule has 6 nitrogen and oxygen atoms in total. The molecule has 0 spiro atoms. The van der Waals surface area contributed by atoms with E-state index in [2.05, 4.69) is 0 Å². The molecule has 1 aromatic carbocycles. The molecule has 0 unspecified atom stereocenters. The quantitative estimate of drug-likeness (QED) is 0.812. The van der Waals surface area contributed by atoms with Gasteiger partial charge >= 0.3 is 5.97 Å². The molecular formula is C11H14O6S2. The van der Waals surface area contributed by atoms with Crippen molar-refractivity contribution in [2.45, 2.75) is 5.75 Å². The van der Waals surface area contributed by atoms with Crippen LogP contribution in [-0.2, 0) is 25.4 Å². The highest BCUT2D eigenvalue weighted by Crippen LogP contribution is 2.09. The lowest BCUT2D eigenvalue weighted by atomic mass is 10.1. The zero-order valence-electron chi connectivity index (χ0n) is 10.2.